The Morgan fingerprint density at radius 1 is 1.29 bits per heavy atom. The Kier molecular flexibility index (Phi) is 3.23. The lowest BCUT2D eigenvalue weighted by Crippen LogP contribution is -2.13. The fraction of sp³-hybridized carbons (Fsp3) is 0. The molecule has 8 heteroatoms. The average Bonchev–Trinajstić information content (AvgIpc) is 2.87. The van der Waals surface area contributed by atoms with Gasteiger partial charge in [-0.1, -0.05) is 11.6 Å². The number of pyridine rings is 1. The van der Waals surface area contributed by atoms with Crippen LogP contribution in [0.1, 0.15) is 0 Å². The highest BCUT2D eigenvalue weighted by atomic mass is 35.5. The summed E-state index contributed by atoms with van der Waals surface area (Å²) in [6, 6.07) is 7.94. The molecule has 0 radical (unpaired) electrons. The first-order valence-corrected chi connectivity index (χ1v) is 7.83. The number of sulfonamides is 1. The molecule has 0 aliphatic carbocycles. The van der Waals surface area contributed by atoms with E-state index in [1.54, 1.807) is 24.4 Å². The van der Waals surface area contributed by atoms with Crippen molar-refractivity contribution >= 4 is 44.0 Å². The highest BCUT2D eigenvalue weighted by Gasteiger charge is 2.20. The second-order valence-electron chi connectivity index (χ2n) is 4.40. The molecule has 2 heterocycles. The Hall–Kier alpha value is -2.25. The number of nitrogens with two attached hydrogens (primary N) is 1. The lowest BCUT2D eigenvalue weighted by atomic mass is 10.3. The van der Waals surface area contributed by atoms with E-state index in [4.69, 9.17) is 17.3 Å². The highest BCUT2D eigenvalue weighted by molar-refractivity contribution is 7.93. The van der Waals surface area contributed by atoms with Gasteiger partial charge in [0.15, 0.2) is 0 Å². The van der Waals surface area contributed by atoms with Gasteiger partial charge in [0.05, 0.1) is 10.7 Å². The van der Waals surface area contributed by atoms with Crippen LogP contribution in [-0.2, 0) is 10.0 Å². The summed E-state index contributed by atoms with van der Waals surface area (Å²) in [7, 11) is -3.80. The summed E-state index contributed by atoms with van der Waals surface area (Å²) in [6.45, 7) is 0. The molecule has 21 heavy (non-hydrogen) atoms. The van der Waals surface area contributed by atoms with Gasteiger partial charge in [0.1, 0.15) is 10.5 Å². The van der Waals surface area contributed by atoms with Gasteiger partial charge in [0, 0.05) is 23.5 Å². The van der Waals surface area contributed by atoms with Crippen molar-refractivity contribution in [3.05, 3.63) is 47.7 Å². The molecule has 108 valence electrons. The zero-order valence-corrected chi connectivity index (χ0v) is 12.2. The van der Waals surface area contributed by atoms with E-state index in [1.807, 2.05) is 0 Å². The number of hydrogen-bond acceptors (Lipinski definition) is 4. The molecule has 0 atom stereocenters. The third kappa shape index (κ3) is 2.53. The van der Waals surface area contributed by atoms with Crippen LogP contribution in [0.3, 0.4) is 0 Å². The number of benzene rings is 1. The van der Waals surface area contributed by atoms with Crippen LogP contribution >= 0.6 is 11.6 Å². The van der Waals surface area contributed by atoms with Gasteiger partial charge >= 0.3 is 0 Å². The number of anilines is 2. The molecule has 4 N–H and O–H groups in total. The predicted octanol–water partition coefficient (Wildman–Crippen LogP) is 2.60. The quantitative estimate of drug-likeness (QED) is 0.645. The zero-order chi connectivity index (χ0) is 15.0. The third-order valence-corrected chi connectivity index (χ3v) is 4.67. The van der Waals surface area contributed by atoms with Crippen LogP contribution in [0.25, 0.3) is 11.0 Å². The van der Waals surface area contributed by atoms with E-state index >= 15 is 0 Å². The fourth-order valence-corrected chi connectivity index (χ4v) is 3.43. The predicted molar refractivity (Wildman–Crippen MR) is 82.8 cm³/mol. The van der Waals surface area contributed by atoms with Crippen molar-refractivity contribution in [3.63, 3.8) is 0 Å². The summed E-state index contributed by atoms with van der Waals surface area (Å²) in [6.07, 6.45) is 2.97. The number of fused-ring (bicyclic) bond motifs is 1. The average molecular weight is 323 g/mol. The maximum atomic E-state index is 12.5. The number of hydrogen-bond donors (Lipinski definition) is 3. The third-order valence-electron chi connectivity index (χ3n) is 2.94. The minimum Gasteiger partial charge on any atom is -0.399 e. The van der Waals surface area contributed by atoms with E-state index in [1.165, 1.54) is 18.3 Å². The maximum absolute atomic E-state index is 12.5. The molecular formula is C13H11ClN4O2S. The van der Waals surface area contributed by atoms with Crippen molar-refractivity contribution in [3.8, 4) is 0 Å². The van der Waals surface area contributed by atoms with E-state index in [-0.39, 0.29) is 15.6 Å². The molecule has 3 aromatic rings. The van der Waals surface area contributed by atoms with Gasteiger partial charge in [-0.3, -0.25) is 4.72 Å². The van der Waals surface area contributed by atoms with Gasteiger partial charge in [0.2, 0.25) is 0 Å². The molecule has 0 bridgehead atoms. The molecule has 0 amide bonds. The molecule has 2 aromatic heterocycles. The largest absolute Gasteiger partial charge is 0.399 e. The molecule has 0 saturated carbocycles. The van der Waals surface area contributed by atoms with Gasteiger partial charge in [0.25, 0.3) is 10.0 Å². The summed E-state index contributed by atoms with van der Waals surface area (Å²) in [5.74, 6) is 0. The number of halogens is 1. The number of nitrogens with one attached hydrogen (secondary N) is 2. The van der Waals surface area contributed by atoms with Crippen LogP contribution < -0.4 is 10.5 Å². The topological polar surface area (TPSA) is 101 Å². The Morgan fingerprint density at radius 2 is 2.10 bits per heavy atom. The molecule has 0 aliphatic rings. The number of nitrogen functional groups attached to an aromatic ring is 1. The molecule has 0 aliphatic heterocycles. The first kappa shape index (κ1) is 13.7. The minimum absolute atomic E-state index is 0.101. The Balaban J connectivity index is 2.07. The van der Waals surface area contributed by atoms with Crippen LogP contribution in [0.15, 0.2) is 47.6 Å². The number of aromatic amines is 1. The summed E-state index contributed by atoms with van der Waals surface area (Å²) in [5, 5.41) is 0.774. The lowest BCUT2D eigenvalue weighted by molar-refractivity contribution is 0.602. The molecular weight excluding hydrogens is 312 g/mol. The Labute approximate surface area is 126 Å². The molecule has 0 fully saturated rings. The van der Waals surface area contributed by atoms with Crippen molar-refractivity contribution in [1.82, 2.24) is 9.97 Å². The van der Waals surface area contributed by atoms with E-state index in [9.17, 15) is 8.42 Å². The van der Waals surface area contributed by atoms with E-state index in [0.717, 1.165) is 0 Å². The van der Waals surface area contributed by atoms with Gasteiger partial charge in [-0.05, 0) is 30.3 Å². The van der Waals surface area contributed by atoms with Crippen molar-refractivity contribution in [2.75, 3.05) is 10.5 Å². The van der Waals surface area contributed by atoms with Crippen molar-refractivity contribution in [1.29, 1.82) is 0 Å². The molecule has 6 nitrogen and oxygen atoms in total. The summed E-state index contributed by atoms with van der Waals surface area (Å²) < 4.78 is 27.4. The van der Waals surface area contributed by atoms with Gasteiger partial charge in [-0.25, -0.2) is 13.4 Å². The summed E-state index contributed by atoms with van der Waals surface area (Å²) in [5.41, 5.74) is 6.79. The highest BCUT2D eigenvalue weighted by Crippen LogP contribution is 2.28. The summed E-state index contributed by atoms with van der Waals surface area (Å²) >= 11 is 5.98. The van der Waals surface area contributed by atoms with Gasteiger partial charge < -0.3 is 10.7 Å². The SMILES string of the molecule is Nc1ccc(Cl)c(NS(=O)(=O)c2c[nH]c3ncccc23)c1. The molecule has 0 unspecified atom stereocenters. The molecule has 0 spiro atoms. The molecule has 1 aromatic carbocycles. The maximum Gasteiger partial charge on any atom is 0.264 e. The lowest BCUT2D eigenvalue weighted by Gasteiger charge is -2.09. The zero-order valence-electron chi connectivity index (χ0n) is 10.7. The summed E-state index contributed by atoms with van der Waals surface area (Å²) in [4.78, 5) is 6.98. The van der Waals surface area contributed by atoms with Crippen LogP contribution in [0.5, 0.6) is 0 Å². The fourth-order valence-electron chi connectivity index (χ4n) is 1.97. The monoisotopic (exact) mass is 322 g/mol. The van der Waals surface area contributed by atoms with Gasteiger partial charge in [-0.15, -0.1) is 0 Å². The first-order valence-electron chi connectivity index (χ1n) is 5.97. The molecule has 0 saturated heterocycles. The van der Waals surface area contributed by atoms with Crippen LogP contribution in [0, 0.1) is 0 Å². The minimum atomic E-state index is -3.80. The smallest absolute Gasteiger partial charge is 0.264 e. The number of aromatic nitrogens is 2. The van der Waals surface area contributed by atoms with Crippen LogP contribution in [0.2, 0.25) is 5.02 Å². The second kappa shape index (κ2) is 4.94. The van der Waals surface area contributed by atoms with E-state index < -0.39 is 10.0 Å². The Bertz CT molecular complexity index is 921. The number of nitrogens with zero attached hydrogens (tertiary/aromatic N) is 1. The van der Waals surface area contributed by atoms with Crippen molar-refractivity contribution in [2.45, 2.75) is 4.90 Å². The van der Waals surface area contributed by atoms with Crippen molar-refractivity contribution < 1.29 is 8.42 Å². The van der Waals surface area contributed by atoms with Crippen LogP contribution in [-0.4, -0.2) is 18.4 Å². The van der Waals surface area contributed by atoms with Gasteiger partial charge in [-0.2, -0.15) is 0 Å². The molecule has 3 rings (SSSR count). The van der Waals surface area contributed by atoms with E-state index in [2.05, 4.69) is 14.7 Å². The normalized spacial score (nSPS) is 11.7. The van der Waals surface area contributed by atoms with Crippen LogP contribution in [0.4, 0.5) is 11.4 Å². The van der Waals surface area contributed by atoms with E-state index in [0.29, 0.717) is 16.7 Å². The van der Waals surface area contributed by atoms with Crippen molar-refractivity contribution in [2.24, 2.45) is 0 Å². The first-order chi connectivity index (χ1) is 9.97. The second-order valence-corrected chi connectivity index (χ2v) is 6.46. The number of H-pyrrole nitrogens is 1. The number of rotatable bonds is 3. The standard InChI is InChI=1S/C13H11ClN4O2S/c14-10-4-3-8(15)6-11(10)18-21(19,20)12-7-17-13-9(12)2-1-5-16-13/h1-7,18H,15H2,(H,16,17). The Morgan fingerprint density at radius 3 is 2.90 bits per heavy atom.